The summed E-state index contributed by atoms with van der Waals surface area (Å²) in [4.78, 5) is 12.6. The Morgan fingerprint density at radius 2 is 2.24 bits per heavy atom. The molecule has 0 unspecified atom stereocenters. The van der Waals surface area contributed by atoms with Crippen LogP contribution in [0.3, 0.4) is 0 Å². The number of nitro groups is 1. The standard InChI is InChI=1S/C10H15ClN4O2/c1-13-4-2-8(3-5-13)7-14-10(15(16)17)6-9(11)12-14/h6,8H,2-5,7H2,1H3. The van der Waals surface area contributed by atoms with Crippen LogP contribution in [0.15, 0.2) is 6.07 Å². The van der Waals surface area contributed by atoms with Crippen molar-refractivity contribution >= 4 is 17.4 Å². The van der Waals surface area contributed by atoms with Crippen LogP contribution in [0.5, 0.6) is 0 Å². The molecule has 1 aromatic rings. The molecule has 0 saturated carbocycles. The van der Waals surface area contributed by atoms with E-state index in [4.69, 9.17) is 11.6 Å². The van der Waals surface area contributed by atoms with E-state index in [0.717, 1.165) is 25.9 Å². The zero-order valence-electron chi connectivity index (χ0n) is 9.67. The topological polar surface area (TPSA) is 64.2 Å². The van der Waals surface area contributed by atoms with Gasteiger partial charge in [-0.05, 0) is 37.9 Å². The van der Waals surface area contributed by atoms with Gasteiger partial charge in [-0.2, -0.15) is 0 Å². The lowest BCUT2D eigenvalue weighted by Gasteiger charge is -2.27. The van der Waals surface area contributed by atoms with Crippen molar-refractivity contribution in [2.75, 3.05) is 20.1 Å². The SMILES string of the molecule is CN1CCC(Cn2nc(Cl)cc2[N+](=O)[O-])CC1. The molecule has 1 saturated heterocycles. The monoisotopic (exact) mass is 258 g/mol. The van der Waals surface area contributed by atoms with Crippen LogP contribution in [0, 0.1) is 16.0 Å². The minimum absolute atomic E-state index is 0.0195. The second kappa shape index (κ2) is 5.01. The maximum atomic E-state index is 10.8. The summed E-state index contributed by atoms with van der Waals surface area (Å²) >= 11 is 5.71. The van der Waals surface area contributed by atoms with E-state index < -0.39 is 4.92 Å². The van der Waals surface area contributed by atoms with Crippen molar-refractivity contribution < 1.29 is 4.92 Å². The Morgan fingerprint density at radius 1 is 1.59 bits per heavy atom. The lowest BCUT2D eigenvalue weighted by atomic mass is 9.97. The van der Waals surface area contributed by atoms with Gasteiger partial charge >= 0.3 is 5.82 Å². The van der Waals surface area contributed by atoms with Crippen LogP contribution in [-0.2, 0) is 6.54 Å². The molecule has 17 heavy (non-hydrogen) atoms. The number of nitrogens with zero attached hydrogens (tertiary/aromatic N) is 4. The maximum Gasteiger partial charge on any atom is 0.346 e. The Kier molecular flexibility index (Phi) is 3.63. The van der Waals surface area contributed by atoms with Crippen LogP contribution in [0.25, 0.3) is 0 Å². The Morgan fingerprint density at radius 3 is 2.82 bits per heavy atom. The van der Waals surface area contributed by atoms with Gasteiger partial charge < -0.3 is 15.0 Å². The van der Waals surface area contributed by atoms with Crippen LogP contribution in [-0.4, -0.2) is 39.7 Å². The first kappa shape index (κ1) is 12.3. The van der Waals surface area contributed by atoms with Gasteiger partial charge in [-0.3, -0.25) is 0 Å². The highest BCUT2D eigenvalue weighted by molar-refractivity contribution is 6.29. The fourth-order valence-electron chi connectivity index (χ4n) is 2.15. The number of rotatable bonds is 3. The molecule has 0 aromatic carbocycles. The van der Waals surface area contributed by atoms with Crippen molar-refractivity contribution in [3.63, 3.8) is 0 Å². The molecular weight excluding hydrogens is 244 g/mol. The van der Waals surface area contributed by atoms with Crippen LogP contribution in [0.2, 0.25) is 5.15 Å². The van der Waals surface area contributed by atoms with Gasteiger partial charge in [0.2, 0.25) is 0 Å². The average Bonchev–Trinajstić information content (AvgIpc) is 2.63. The van der Waals surface area contributed by atoms with Crippen LogP contribution in [0.1, 0.15) is 12.8 Å². The highest BCUT2D eigenvalue weighted by atomic mass is 35.5. The second-order valence-corrected chi connectivity index (χ2v) is 4.90. The summed E-state index contributed by atoms with van der Waals surface area (Å²) in [5, 5.41) is 15.0. The van der Waals surface area contributed by atoms with E-state index in [9.17, 15) is 10.1 Å². The summed E-state index contributed by atoms with van der Waals surface area (Å²) in [7, 11) is 2.09. The first-order chi connectivity index (χ1) is 8.06. The third-order valence-corrected chi connectivity index (χ3v) is 3.37. The van der Waals surface area contributed by atoms with Crippen LogP contribution < -0.4 is 0 Å². The summed E-state index contributed by atoms with van der Waals surface area (Å²) in [6, 6.07) is 1.30. The number of likely N-dealkylation sites (tertiary alicyclic amines) is 1. The predicted octanol–water partition coefficient (Wildman–Crippen LogP) is 1.79. The maximum absolute atomic E-state index is 10.8. The first-order valence-electron chi connectivity index (χ1n) is 5.62. The van der Waals surface area contributed by atoms with Crippen LogP contribution in [0.4, 0.5) is 5.82 Å². The summed E-state index contributed by atoms with van der Waals surface area (Å²) in [6.07, 6.45) is 2.09. The predicted molar refractivity (Wildman–Crippen MR) is 64.1 cm³/mol. The zero-order valence-corrected chi connectivity index (χ0v) is 10.4. The Labute approximate surface area is 104 Å². The van der Waals surface area contributed by atoms with Gasteiger partial charge in [0.25, 0.3) is 0 Å². The van der Waals surface area contributed by atoms with E-state index >= 15 is 0 Å². The highest BCUT2D eigenvalue weighted by Gasteiger charge is 2.24. The lowest BCUT2D eigenvalue weighted by molar-refractivity contribution is -0.392. The van der Waals surface area contributed by atoms with Crippen molar-refractivity contribution in [3.8, 4) is 0 Å². The summed E-state index contributed by atoms with van der Waals surface area (Å²) < 4.78 is 1.42. The quantitative estimate of drug-likeness (QED) is 0.612. The number of piperidine rings is 1. The molecule has 0 bridgehead atoms. The molecule has 0 atom stereocenters. The van der Waals surface area contributed by atoms with Gasteiger partial charge in [-0.25, -0.2) is 0 Å². The summed E-state index contributed by atoms with van der Waals surface area (Å²) in [5.74, 6) is 0.426. The van der Waals surface area contributed by atoms with Gasteiger partial charge in [0.1, 0.15) is 6.54 Å². The molecule has 0 aliphatic carbocycles. The van der Waals surface area contributed by atoms with Gasteiger partial charge in [0, 0.05) is 5.92 Å². The molecule has 1 fully saturated rings. The minimum Gasteiger partial charge on any atom is -0.358 e. The highest BCUT2D eigenvalue weighted by Crippen LogP contribution is 2.23. The van der Waals surface area contributed by atoms with E-state index in [0.29, 0.717) is 12.5 Å². The lowest BCUT2D eigenvalue weighted by Crippen LogP contribution is -2.32. The molecule has 1 aliphatic heterocycles. The Bertz CT molecular complexity index is 412. The number of halogens is 1. The fourth-order valence-corrected chi connectivity index (χ4v) is 2.34. The van der Waals surface area contributed by atoms with Crippen LogP contribution >= 0.6 is 11.6 Å². The molecule has 1 aliphatic rings. The molecule has 2 heterocycles. The molecule has 1 aromatic heterocycles. The van der Waals surface area contributed by atoms with Gasteiger partial charge in [0.05, 0.1) is 6.07 Å². The molecule has 0 radical (unpaired) electrons. The van der Waals surface area contributed by atoms with Crippen molar-refractivity contribution in [2.45, 2.75) is 19.4 Å². The minimum atomic E-state index is -0.437. The number of hydrogen-bond donors (Lipinski definition) is 0. The normalized spacial score (nSPS) is 18.5. The van der Waals surface area contributed by atoms with Crippen molar-refractivity contribution in [3.05, 3.63) is 21.3 Å². The number of hydrogen-bond acceptors (Lipinski definition) is 4. The molecule has 0 N–H and O–H groups in total. The molecular formula is C10H15ClN4O2. The van der Waals surface area contributed by atoms with E-state index in [1.54, 1.807) is 0 Å². The fraction of sp³-hybridized carbons (Fsp3) is 0.700. The van der Waals surface area contributed by atoms with Crippen molar-refractivity contribution in [1.29, 1.82) is 0 Å². The van der Waals surface area contributed by atoms with E-state index in [2.05, 4.69) is 17.0 Å². The smallest absolute Gasteiger partial charge is 0.346 e. The van der Waals surface area contributed by atoms with Crippen molar-refractivity contribution in [2.24, 2.45) is 5.92 Å². The molecule has 0 amide bonds. The summed E-state index contributed by atoms with van der Waals surface area (Å²) in [5.41, 5.74) is 0. The molecule has 0 spiro atoms. The molecule has 6 nitrogen and oxygen atoms in total. The van der Waals surface area contributed by atoms with E-state index in [-0.39, 0.29) is 11.0 Å². The van der Waals surface area contributed by atoms with E-state index in [1.807, 2.05) is 0 Å². The molecule has 2 rings (SSSR count). The van der Waals surface area contributed by atoms with Crippen molar-refractivity contribution in [1.82, 2.24) is 14.7 Å². The second-order valence-electron chi connectivity index (χ2n) is 4.51. The summed E-state index contributed by atoms with van der Waals surface area (Å²) in [6.45, 7) is 2.65. The van der Waals surface area contributed by atoms with E-state index in [1.165, 1.54) is 10.7 Å². The number of aromatic nitrogens is 2. The average molecular weight is 259 g/mol. The third-order valence-electron chi connectivity index (χ3n) is 3.19. The largest absolute Gasteiger partial charge is 0.358 e. The van der Waals surface area contributed by atoms with Gasteiger partial charge in [-0.15, -0.1) is 4.68 Å². The third kappa shape index (κ3) is 2.95. The first-order valence-corrected chi connectivity index (χ1v) is 6.00. The zero-order chi connectivity index (χ0) is 12.4. The Hall–Kier alpha value is -1.14. The molecule has 94 valence electrons. The molecule has 7 heteroatoms. The van der Waals surface area contributed by atoms with Gasteiger partial charge in [0.15, 0.2) is 5.15 Å². The van der Waals surface area contributed by atoms with Gasteiger partial charge in [-0.1, -0.05) is 16.7 Å². The Balaban J connectivity index is 2.05.